The van der Waals surface area contributed by atoms with Gasteiger partial charge in [0.1, 0.15) is 5.69 Å². The fraction of sp³-hybridized carbons (Fsp3) is 0.250. The first kappa shape index (κ1) is 30.9. The second kappa shape index (κ2) is 14.8. The van der Waals surface area contributed by atoms with Gasteiger partial charge in [-0.3, -0.25) is 9.78 Å². The molecule has 1 fully saturated rings. The van der Waals surface area contributed by atoms with Gasteiger partial charge in [-0.15, -0.1) is 0 Å². The third-order valence-corrected chi connectivity index (χ3v) is 8.79. The average molecular weight is 622 g/mol. The number of carbonyl (C=O) groups is 1. The third-order valence-electron chi connectivity index (χ3n) is 7.71. The molecule has 0 spiro atoms. The number of thioether (sulfide) groups is 1. The van der Waals surface area contributed by atoms with Crippen molar-refractivity contribution in [3.8, 4) is 11.1 Å². The van der Waals surface area contributed by atoms with E-state index in [-0.39, 0.29) is 37.0 Å². The van der Waals surface area contributed by atoms with Crippen molar-refractivity contribution in [2.75, 3.05) is 18.1 Å². The minimum Gasteiger partial charge on any atom is -0.396 e. The van der Waals surface area contributed by atoms with E-state index in [9.17, 15) is 15.0 Å². The molecule has 0 unspecified atom stereocenters. The summed E-state index contributed by atoms with van der Waals surface area (Å²) in [6.07, 6.45) is 1.42. The molecule has 2 heterocycles. The highest BCUT2D eigenvalue weighted by atomic mass is 32.2. The number of ether oxygens (including phenoxy) is 2. The molecule has 1 aliphatic heterocycles. The van der Waals surface area contributed by atoms with Crippen LogP contribution < -0.4 is 5.32 Å². The van der Waals surface area contributed by atoms with Crippen LogP contribution in [-0.4, -0.2) is 50.3 Å². The average Bonchev–Trinajstić information content (AvgIpc) is 3.10. The summed E-state index contributed by atoms with van der Waals surface area (Å²) in [6, 6.07) is 31.5. The van der Waals surface area contributed by atoms with E-state index in [2.05, 4.69) is 27.4 Å². The van der Waals surface area contributed by atoms with Crippen molar-refractivity contribution < 1.29 is 24.5 Å². The van der Waals surface area contributed by atoms with Gasteiger partial charge in [0, 0.05) is 30.0 Å². The first-order chi connectivity index (χ1) is 22.1. The summed E-state index contributed by atoms with van der Waals surface area (Å²) in [4.78, 5) is 21.6. The van der Waals surface area contributed by atoms with E-state index < -0.39 is 6.29 Å². The summed E-state index contributed by atoms with van der Waals surface area (Å²) in [5.41, 5.74) is 7.49. The summed E-state index contributed by atoms with van der Waals surface area (Å²) in [6.45, 7) is 0.475. The van der Waals surface area contributed by atoms with Gasteiger partial charge in [-0.2, -0.15) is 11.8 Å². The van der Waals surface area contributed by atoms with Crippen LogP contribution in [-0.2, 0) is 22.6 Å². The Kier molecular flexibility index (Phi) is 10.1. The van der Waals surface area contributed by atoms with Gasteiger partial charge in [-0.05, 0) is 52.1 Å². The lowest BCUT2D eigenvalue weighted by atomic mass is 9.99. The van der Waals surface area contributed by atoms with Crippen molar-refractivity contribution in [1.29, 1.82) is 0 Å². The monoisotopic (exact) mass is 621 g/mol. The fourth-order valence-corrected chi connectivity index (χ4v) is 6.14. The summed E-state index contributed by atoms with van der Waals surface area (Å²) >= 11 is 1.67. The van der Waals surface area contributed by atoms with E-state index in [1.54, 1.807) is 11.8 Å². The highest BCUT2D eigenvalue weighted by Crippen LogP contribution is 2.39. The van der Waals surface area contributed by atoms with Crippen LogP contribution in [0.1, 0.15) is 51.6 Å². The normalized spacial score (nSPS) is 18.1. The molecule has 1 aromatic heterocycles. The summed E-state index contributed by atoms with van der Waals surface area (Å²) < 4.78 is 13.0. The number of hydrogen-bond donors (Lipinski definition) is 3. The van der Waals surface area contributed by atoms with Crippen LogP contribution in [0.15, 0.2) is 103 Å². The Morgan fingerprint density at radius 2 is 1.62 bits per heavy atom. The van der Waals surface area contributed by atoms with Gasteiger partial charge in [-0.1, -0.05) is 72.8 Å². The zero-order chi connectivity index (χ0) is 31.0. The second-order valence-corrected chi connectivity index (χ2v) is 12.1. The zero-order valence-corrected chi connectivity index (χ0v) is 25.5. The molecule has 6 rings (SSSR count). The Balaban J connectivity index is 1.17. The first-order valence-corrected chi connectivity index (χ1v) is 16.1. The number of fused-ring (bicyclic) bond motifs is 1. The maximum Gasteiger partial charge on any atom is 0.271 e. The van der Waals surface area contributed by atoms with E-state index in [4.69, 9.17) is 9.47 Å². The van der Waals surface area contributed by atoms with Crippen molar-refractivity contribution in [2.24, 2.45) is 0 Å². The molecule has 0 bridgehead atoms. The number of benzene rings is 4. The smallest absolute Gasteiger partial charge is 0.271 e. The molecular formula is C36H35N3O5S. The van der Waals surface area contributed by atoms with E-state index >= 15 is 0 Å². The third kappa shape index (κ3) is 7.76. The van der Waals surface area contributed by atoms with Gasteiger partial charge in [-0.25, -0.2) is 4.98 Å². The standard InChI is InChI=1S/C36H35N3O5S/c40-15-16-45-23-30-19-34(26-13-11-24(22-41)12-14-26)44-36(43-30)29-8-4-7-28(18-29)27-6-3-5-25(17-27)20-38-35(42)33-21-37-31-9-1-2-10-32(31)39-33/h1-14,17-18,21,30,34,36,40-41H,15-16,19-20,22-23H2,(H,38,42)/t30-,34+,36+/m1/s1. The Hall–Kier alpha value is -4.12. The molecule has 1 amide bonds. The minimum atomic E-state index is -0.563. The van der Waals surface area contributed by atoms with Gasteiger partial charge >= 0.3 is 0 Å². The predicted molar refractivity (Wildman–Crippen MR) is 175 cm³/mol. The number of rotatable bonds is 11. The Morgan fingerprint density at radius 1 is 0.844 bits per heavy atom. The number of hydrogen-bond acceptors (Lipinski definition) is 8. The molecule has 8 nitrogen and oxygen atoms in total. The Morgan fingerprint density at radius 3 is 2.42 bits per heavy atom. The quantitative estimate of drug-likeness (QED) is 0.154. The molecule has 3 N–H and O–H groups in total. The van der Waals surface area contributed by atoms with Crippen LogP contribution in [0, 0.1) is 0 Å². The van der Waals surface area contributed by atoms with Crippen LogP contribution in [0.3, 0.4) is 0 Å². The number of carbonyl (C=O) groups excluding carboxylic acids is 1. The van der Waals surface area contributed by atoms with E-state index in [1.807, 2.05) is 84.9 Å². The molecule has 4 aromatic carbocycles. The molecule has 5 aromatic rings. The van der Waals surface area contributed by atoms with Gasteiger partial charge in [0.25, 0.3) is 5.91 Å². The number of amides is 1. The number of nitrogens with zero attached hydrogens (tertiary/aromatic N) is 2. The molecule has 230 valence electrons. The van der Waals surface area contributed by atoms with Crippen molar-refractivity contribution >= 4 is 28.7 Å². The van der Waals surface area contributed by atoms with Crippen LogP contribution in [0.2, 0.25) is 0 Å². The molecule has 3 atom stereocenters. The maximum absolute atomic E-state index is 12.8. The van der Waals surface area contributed by atoms with E-state index in [0.29, 0.717) is 24.2 Å². The van der Waals surface area contributed by atoms with Gasteiger partial charge in [0.2, 0.25) is 0 Å². The molecule has 9 heteroatoms. The highest BCUT2D eigenvalue weighted by molar-refractivity contribution is 7.99. The molecular weight excluding hydrogens is 586 g/mol. The lowest BCUT2D eigenvalue weighted by Crippen LogP contribution is -2.31. The molecule has 0 saturated carbocycles. The second-order valence-electron chi connectivity index (χ2n) is 10.9. The van der Waals surface area contributed by atoms with Crippen molar-refractivity contribution in [3.05, 3.63) is 131 Å². The van der Waals surface area contributed by atoms with Gasteiger partial charge < -0.3 is 25.0 Å². The van der Waals surface area contributed by atoms with Crippen LogP contribution in [0.5, 0.6) is 0 Å². The summed E-state index contributed by atoms with van der Waals surface area (Å²) in [5, 5.41) is 21.7. The number of aromatic nitrogens is 2. The Labute approximate surface area is 266 Å². The molecule has 0 aliphatic carbocycles. The van der Waals surface area contributed by atoms with Crippen molar-refractivity contribution in [1.82, 2.24) is 15.3 Å². The fourth-order valence-electron chi connectivity index (χ4n) is 5.37. The molecule has 1 saturated heterocycles. The van der Waals surface area contributed by atoms with Crippen molar-refractivity contribution in [2.45, 2.75) is 38.1 Å². The molecule has 45 heavy (non-hydrogen) atoms. The summed E-state index contributed by atoms with van der Waals surface area (Å²) in [7, 11) is 0. The number of aliphatic hydroxyl groups excluding tert-OH is 2. The summed E-state index contributed by atoms with van der Waals surface area (Å²) in [5.74, 6) is 1.13. The zero-order valence-electron chi connectivity index (χ0n) is 24.7. The topological polar surface area (TPSA) is 114 Å². The van der Waals surface area contributed by atoms with E-state index in [0.717, 1.165) is 44.7 Å². The molecule has 1 aliphatic rings. The van der Waals surface area contributed by atoms with Crippen LogP contribution in [0.4, 0.5) is 0 Å². The van der Waals surface area contributed by atoms with Gasteiger partial charge in [0.05, 0.1) is 42.7 Å². The maximum atomic E-state index is 12.8. The van der Waals surface area contributed by atoms with Gasteiger partial charge in [0.15, 0.2) is 6.29 Å². The van der Waals surface area contributed by atoms with Crippen LogP contribution >= 0.6 is 11.8 Å². The Bertz CT molecular complexity index is 1750. The lowest BCUT2D eigenvalue weighted by molar-refractivity contribution is -0.245. The largest absolute Gasteiger partial charge is 0.396 e. The SMILES string of the molecule is O=C(NCc1cccc(-c2cccc([C@H]3O[C@@H](CSCCO)C[C@@H](c4ccc(CO)cc4)O3)c2)c1)c1cnc2ccccc2n1. The number of aliphatic hydroxyl groups is 2. The number of para-hydroxylation sites is 2. The predicted octanol–water partition coefficient (Wildman–Crippen LogP) is 5.99. The lowest BCUT2D eigenvalue weighted by Gasteiger charge is -2.36. The first-order valence-electron chi connectivity index (χ1n) is 15.0. The number of nitrogens with one attached hydrogen (secondary N) is 1. The van der Waals surface area contributed by atoms with E-state index in [1.165, 1.54) is 6.20 Å². The molecule has 0 radical (unpaired) electrons. The van der Waals surface area contributed by atoms with Crippen molar-refractivity contribution in [3.63, 3.8) is 0 Å². The minimum absolute atomic E-state index is 0.00251. The van der Waals surface area contributed by atoms with Crippen LogP contribution in [0.25, 0.3) is 22.2 Å². The highest BCUT2D eigenvalue weighted by Gasteiger charge is 2.32.